The summed E-state index contributed by atoms with van der Waals surface area (Å²) >= 11 is 0. The lowest BCUT2D eigenvalue weighted by Crippen LogP contribution is -2.45. The molecule has 2 unspecified atom stereocenters. The zero-order valence-electron chi connectivity index (χ0n) is 45.1. The molecule has 0 bridgehead atoms. The molecule has 6 nitrogen and oxygen atoms in total. The molecule has 2 atom stereocenters. The van der Waals surface area contributed by atoms with E-state index in [-0.39, 0.29) is 18.5 Å². The molecule has 0 aromatic rings. The molecule has 0 fully saturated rings. The average Bonchev–Trinajstić information content (AvgIpc) is 3.33. The second kappa shape index (κ2) is 56.9. The molecule has 0 spiro atoms. The molecule has 0 aromatic carbocycles. The third-order valence-electron chi connectivity index (χ3n) is 14.0. The normalized spacial score (nSPS) is 12.7. The number of nitrogens with one attached hydrogen (secondary N) is 1. The van der Waals surface area contributed by atoms with Gasteiger partial charge in [-0.1, -0.05) is 282 Å². The molecular weight excluding hydrogens is 827 g/mol. The summed E-state index contributed by atoms with van der Waals surface area (Å²) in [5.41, 5.74) is 0. The van der Waals surface area contributed by atoms with Gasteiger partial charge in [0.1, 0.15) is 0 Å². The van der Waals surface area contributed by atoms with E-state index in [2.05, 4.69) is 31.3 Å². The minimum atomic E-state index is -0.845. The van der Waals surface area contributed by atoms with Crippen molar-refractivity contribution < 1.29 is 24.5 Å². The van der Waals surface area contributed by atoms with Crippen molar-refractivity contribution in [3.05, 3.63) is 24.3 Å². The molecule has 6 heteroatoms. The summed E-state index contributed by atoms with van der Waals surface area (Å²) in [7, 11) is 0. The molecule has 0 heterocycles. The molecule has 0 radical (unpaired) electrons. The summed E-state index contributed by atoms with van der Waals surface area (Å²) in [6.45, 7) is 4.91. The standard InChI is InChI=1S/C61H117NO5/c1-3-5-7-9-11-13-15-17-31-35-39-43-47-51-55-61(66)67-56-52-48-44-40-36-32-29-27-25-23-21-19-18-20-22-24-26-28-30-34-38-42-46-50-54-60(65)62-58(57-63)59(64)53-49-45-41-37-33-16-14-12-10-8-6-4-2/h20,22,49,53,58-59,63-64H,3-19,21,23-48,50-52,54-57H2,1-2H3,(H,62,65)/b22-20-,53-49+. The SMILES string of the molecule is CCCCCCCCCCCC/C=C/C(O)C(CO)NC(=O)CCCCCCCCCC/C=C\CCCCCCCCCCCCCCOC(=O)CCCCCCCCCCCCCCCC. The number of amides is 1. The van der Waals surface area contributed by atoms with E-state index in [4.69, 9.17) is 4.74 Å². The van der Waals surface area contributed by atoms with Gasteiger partial charge in [-0.15, -0.1) is 0 Å². The molecule has 67 heavy (non-hydrogen) atoms. The first-order valence-electron chi connectivity index (χ1n) is 30.1. The fourth-order valence-electron chi connectivity index (χ4n) is 9.34. The largest absolute Gasteiger partial charge is 0.466 e. The molecule has 0 aromatic heterocycles. The van der Waals surface area contributed by atoms with Crippen LogP contribution in [0, 0.1) is 0 Å². The van der Waals surface area contributed by atoms with Crippen LogP contribution in [-0.2, 0) is 14.3 Å². The topological polar surface area (TPSA) is 95.9 Å². The maximum absolute atomic E-state index is 12.4. The number of hydrogen-bond donors (Lipinski definition) is 3. The molecule has 1 amide bonds. The Kier molecular flexibility index (Phi) is 55.5. The molecule has 396 valence electrons. The first-order valence-corrected chi connectivity index (χ1v) is 30.1. The lowest BCUT2D eigenvalue weighted by molar-refractivity contribution is -0.143. The van der Waals surface area contributed by atoms with Crippen molar-refractivity contribution in [3.8, 4) is 0 Å². The summed E-state index contributed by atoms with van der Waals surface area (Å²) in [5.74, 6) is -0.0581. The predicted molar refractivity (Wildman–Crippen MR) is 292 cm³/mol. The van der Waals surface area contributed by atoms with Crippen LogP contribution in [0.15, 0.2) is 24.3 Å². The van der Waals surface area contributed by atoms with E-state index in [1.54, 1.807) is 6.08 Å². The Morgan fingerprint density at radius 3 is 1.06 bits per heavy atom. The number of allylic oxidation sites excluding steroid dienone is 3. The molecule has 3 N–H and O–H groups in total. The Balaban J connectivity index is 3.40. The smallest absolute Gasteiger partial charge is 0.305 e. The first kappa shape index (κ1) is 65.3. The first-order chi connectivity index (χ1) is 33.0. The Morgan fingerprint density at radius 1 is 0.403 bits per heavy atom. The maximum Gasteiger partial charge on any atom is 0.305 e. The van der Waals surface area contributed by atoms with Crippen molar-refractivity contribution >= 4 is 11.9 Å². The van der Waals surface area contributed by atoms with Crippen LogP contribution in [0.5, 0.6) is 0 Å². The highest BCUT2D eigenvalue weighted by Crippen LogP contribution is 2.17. The molecule has 0 rings (SSSR count). The lowest BCUT2D eigenvalue weighted by Gasteiger charge is -2.20. The highest BCUT2D eigenvalue weighted by molar-refractivity contribution is 5.76. The van der Waals surface area contributed by atoms with Crippen molar-refractivity contribution in [1.29, 1.82) is 0 Å². The third kappa shape index (κ3) is 53.5. The van der Waals surface area contributed by atoms with Gasteiger partial charge in [-0.25, -0.2) is 0 Å². The van der Waals surface area contributed by atoms with Crippen molar-refractivity contribution in [2.45, 2.75) is 341 Å². The van der Waals surface area contributed by atoms with Gasteiger partial charge in [0.2, 0.25) is 5.91 Å². The Labute approximate surface area is 418 Å². The number of esters is 1. The van der Waals surface area contributed by atoms with Crippen LogP contribution in [0.2, 0.25) is 0 Å². The second-order valence-electron chi connectivity index (χ2n) is 20.7. The summed E-state index contributed by atoms with van der Waals surface area (Å²) in [4.78, 5) is 24.5. The number of aliphatic hydroxyl groups excluding tert-OH is 2. The van der Waals surface area contributed by atoms with Crippen molar-refractivity contribution in [2.75, 3.05) is 13.2 Å². The Hall–Kier alpha value is -1.66. The number of ether oxygens (including phenoxy) is 1. The Morgan fingerprint density at radius 2 is 0.701 bits per heavy atom. The van der Waals surface area contributed by atoms with Gasteiger partial charge in [0.15, 0.2) is 0 Å². The molecule has 0 saturated carbocycles. The lowest BCUT2D eigenvalue weighted by atomic mass is 10.0. The fraction of sp³-hybridized carbons (Fsp3) is 0.902. The van der Waals surface area contributed by atoms with Crippen LogP contribution < -0.4 is 5.32 Å². The van der Waals surface area contributed by atoms with E-state index in [1.807, 2.05) is 6.08 Å². The predicted octanol–water partition coefficient (Wildman–Crippen LogP) is 18.6. The van der Waals surface area contributed by atoms with Crippen LogP contribution in [0.4, 0.5) is 0 Å². The van der Waals surface area contributed by atoms with Gasteiger partial charge >= 0.3 is 5.97 Å². The van der Waals surface area contributed by atoms with Gasteiger partial charge in [-0.2, -0.15) is 0 Å². The van der Waals surface area contributed by atoms with Gasteiger partial charge in [0.25, 0.3) is 0 Å². The number of carbonyl (C=O) groups excluding carboxylic acids is 2. The van der Waals surface area contributed by atoms with Gasteiger partial charge in [-0.3, -0.25) is 9.59 Å². The fourth-order valence-corrected chi connectivity index (χ4v) is 9.34. The molecule has 0 aliphatic rings. The Bertz CT molecular complexity index is 1040. The number of carbonyl (C=O) groups is 2. The highest BCUT2D eigenvalue weighted by atomic mass is 16.5. The zero-order chi connectivity index (χ0) is 48.6. The molecular formula is C61H117NO5. The monoisotopic (exact) mass is 944 g/mol. The quantitative estimate of drug-likeness (QED) is 0.0321. The molecule has 0 aliphatic heterocycles. The van der Waals surface area contributed by atoms with E-state index >= 15 is 0 Å². The van der Waals surface area contributed by atoms with Crippen molar-refractivity contribution in [2.24, 2.45) is 0 Å². The number of aliphatic hydroxyl groups is 2. The maximum atomic E-state index is 12.4. The molecule has 0 saturated heterocycles. The van der Waals surface area contributed by atoms with Crippen LogP contribution >= 0.6 is 0 Å². The van der Waals surface area contributed by atoms with E-state index in [0.717, 1.165) is 38.5 Å². The summed E-state index contributed by atoms with van der Waals surface area (Å²) in [6.07, 6.45) is 69.3. The van der Waals surface area contributed by atoms with Gasteiger partial charge < -0.3 is 20.3 Å². The summed E-state index contributed by atoms with van der Waals surface area (Å²) < 4.78 is 5.48. The van der Waals surface area contributed by atoms with Crippen LogP contribution in [0.25, 0.3) is 0 Å². The minimum absolute atomic E-state index is 0.0144. The number of unbranched alkanes of at least 4 members (excludes halogenated alkanes) is 43. The summed E-state index contributed by atoms with van der Waals surface area (Å²) in [5, 5.41) is 23.0. The molecule has 0 aliphatic carbocycles. The second-order valence-corrected chi connectivity index (χ2v) is 20.7. The van der Waals surface area contributed by atoms with Crippen LogP contribution in [-0.4, -0.2) is 47.4 Å². The average molecular weight is 945 g/mol. The van der Waals surface area contributed by atoms with Crippen molar-refractivity contribution in [1.82, 2.24) is 5.32 Å². The van der Waals surface area contributed by atoms with Gasteiger partial charge in [0.05, 0.1) is 25.4 Å². The summed E-state index contributed by atoms with van der Waals surface area (Å²) in [6, 6.07) is -0.629. The highest BCUT2D eigenvalue weighted by Gasteiger charge is 2.18. The van der Waals surface area contributed by atoms with E-state index in [1.165, 1.54) is 263 Å². The van der Waals surface area contributed by atoms with Gasteiger partial charge in [-0.05, 0) is 57.8 Å². The minimum Gasteiger partial charge on any atom is -0.466 e. The van der Waals surface area contributed by atoms with E-state index in [9.17, 15) is 19.8 Å². The third-order valence-corrected chi connectivity index (χ3v) is 14.0. The van der Waals surface area contributed by atoms with E-state index < -0.39 is 12.1 Å². The van der Waals surface area contributed by atoms with Crippen LogP contribution in [0.3, 0.4) is 0 Å². The number of hydrogen-bond acceptors (Lipinski definition) is 5. The van der Waals surface area contributed by atoms with Crippen molar-refractivity contribution in [3.63, 3.8) is 0 Å². The zero-order valence-corrected chi connectivity index (χ0v) is 45.1. The van der Waals surface area contributed by atoms with Gasteiger partial charge in [0, 0.05) is 12.8 Å². The number of rotatable bonds is 56. The van der Waals surface area contributed by atoms with E-state index in [0.29, 0.717) is 19.4 Å². The van der Waals surface area contributed by atoms with Crippen LogP contribution in [0.1, 0.15) is 328 Å².